The van der Waals surface area contributed by atoms with Crippen LogP contribution in [-0.4, -0.2) is 38.0 Å². The van der Waals surface area contributed by atoms with E-state index in [1.54, 1.807) is 10.9 Å². The van der Waals surface area contributed by atoms with E-state index in [-0.39, 0.29) is 6.10 Å². The van der Waals surface area contributed by atoms with Gasteiger partial charge in [0.05, 0.1) is 24.2 Å². The fourth-order valence-electron chi connectivity index (χ4n) is 3.07. The van der Waals surface area contributed by atoms with E-state index in [0.717, 1.165) is 29.7 Å². The lowest BCUT2D eigenvalue weighted by Gasteiger charge is -2.26. The normalized spacial score (nSPS) is 18.3. The van der Waals surface area contributed by atoms with E-state index in [4.69, 9.17) is 0 Å². The largest absolute Gasteiger partial charge is 0.391 e. The third kappa shape index (κ3) is 2.47. The minimum absolute atomic E-state index is 0.341. The summed E-state index contributed by atoms with van der Waals surface area (Å²) in [6, 6.07) is 0. The first kappa shape index (κ1) is 13.3. The summed E-state index contributed by atoms with van der Waals surface area (Å²) < 4.78 is 1.79. The summed E-state index contributed by atoms with van der Waals surface area (Å²) >= 11 is 0. The molecular weight excluding hydrogens is 254 g/mol. The Bertz CT molecular complexity index is 576. The predicted molar refractivity (Wildman–Crippen MR) is 77.5 cm³/mol. The number of aliphatic hydroxyl groups excluding tert-OH is 1. The molecule has 6 heteroatoms. The molecule has 2 N–H and O–H groups in total. The smallest absolute Gasteiger partial charge is 0.163 e. The van der Waals surface area contributed by atoms with Crippen LogP contribution >= 0.6 is 0 Å². The Labute approximate surface area is 118 Å². The molecule has 1 atom stereocenters. The number of rotatable bonds is 4. The molecule has 108 valence electrons. The summed E-state index contributed by atoms with van der Waals surface area (Å²) in [4.78, 5) is 8.46. The molecule has 0 bridgehead atoms. The van der Waals surface area contributed by atoms with Gasteiger partial charge in [-0.15, -0.1) is 0 Å². The van der Waals surface area contributed by atoms with Gasteiger partial charge in [0.25, 0.3) is 0 Å². The first-order valence-electron chi connectivity index (χ1n) is 7.32. The molecule has 20 heavy (non-hydrogen) atoms. The number of hydrogen-bond donors (Lipinski definition) is 2. The maximum Gasteiger partial charge on any atom is 0.163 e. The van der Waals surface area contributed by atoms with E-state index < -0.39 is 0 Å². The molecule has 1 fully saturated rings. The van der Waals surface area contributed by atoms with Gasteiger partial charge < -0.3 is 10.4 Å². The highest BCUT2D eigenvalue weighted by molar-refractivity contribution is 5.85. The van der Waals surface area contributed by atoms with Gasteiger partial charge in [-0.2, -0.15) is 5.10 Å². The van der Waals surface area contributed by atoms with Gasteiger partial charge in [0.15, 0.2) is 5.65 Å². The number of anilines is 1. The van der Waals surface area contributed by atoms with Crippen LogP contribution in [0.25, 0.3) is 11.0 Å². The summed E-state index contributed by atoms with van der Waals surface area (Å²) in [5, 5.41) is 18.7. The minimum atomic E-state index is -0.341. The SMILES string of the molecule is CNc1ncnc2c1cnn2CC(O)C1CCCCC1. The molecular formula is C14H21N5O. The van der Waals surface area contributed by atoms with Crippen LogP contribution in [0.5, 0.6) is 0 Å². The lowest BCUT2D eigenvalue weighted by molar-refractivity contribution is 0.0675. The minimum Gasteiger partial charge on any atom is -0.391 e. The van der Waals surface area contributed by atoms with Gasteiger partial charge in [0.1, 0.15) is 12.1 Å². The topological polar surface area (TPSA) is 75.9 Å². The highest BCUT2D eigenvalue weighted by atomic mass is 16.3. The van der Waals surface area contributed by atoms with Crippen molar-refractivity contribution in [3.63, 3.8) is 0 Å². The van der Waals surface area contributed by atoms with E-state index in [0.29, 0.717) is 12.5 Å². The lowest BCUT2D eigenvalue weighted by atomic mass is 9.85. The van der Waals surface area contributed by atoms with Crippen molar-refractivity contribution in [2.75, 3.05) is 12.4 Å². The molecule has 3 rings (SSSR count). The Morgan fingerprint density at radius 3 is 2.90 bits per heavy atom. The van der Waals surface area contributed by atoms with Crippen LogP contribution in [0.3, 0.4) is 0 Å². The van der Waals surface area contributed by atoms with Crippen molar-refractivity contribution in [2.45, 2.75) is 44.8 Å². The summed E-state index contributed by atoms with van der Waals surface area (Å²) in [5.41, 5.74) is 0.777. The van der Waals surface area contributed by atoms with Crippen molar-refractivity contribution in [1.82, 2.24) is 19.7 Å². The van der Waals surface area contributed by atoms with Crippen molar-refractivity contribution in [3.8, 4) is 0 Å². The zero-order chi connectivity index (χ0) is 13.9. The van der Waals surface area contributed by atoms with Crippen LogP contribution in [0.2, 0.25) is 0 Å². The van der Waals surface area contributed by atoms with Gasteiger partial charge in [-0.1, -0.05) is 19.3 Å². The Balaban J connectivity index is 1.80. The molecule has 0 radical (unpaired) electrons. The van der Waals surface area contributed by atoms with E-state index in [1.807, 2.05) is 7.05 Å². The molecule has 2 aromatic rings. The molecule has 6 nitrogen and oxygen atoms in total. The number of fused-ring (bicyclic) bond motifs is 1. The Morgan fingerprint density at radius 1 is 1.35 bits per heavy atom. The number of aromatic nitrogens is 4. The third-order valence-corrected chi connectivity index (χ3v) is 4.22. The summed E-state index contributed by atoms with van der Waals surface area (Å²) in [5.74, 6) is 1.17. The molecule has 1 unspecified atom stereocenters. The highest BCUT2D eigenvalue weighted by Crippen LogP contribution is 2.27. The van der Waals surface area contributed by atoms with Crippen LogP contribution in [0, 0.1) is 5.92 Å². The molecule has 0 aliphatic heterocycles. The second kappa shape index (κ2) is 5.75. The zero-order valence-corrected chi connectivity index (χ0v) is 11.8. The molecule has 1 saturated carbocycles. The van der Waals surface area contributed by atoms with Crippen molar-refractivity contribution in [2.24, 2.45) is 5.92 Å². The maximum absolute atomic E-state index is 10.4. The average Bonchev–Trinajstić information content (AvgIpc) is 2.91. The van der Waals surface area contributed by atoms with Gasteiger partial charge in [0, 0.05) is 7.05 Å². The molecule has 1 aliphatic rings. The van der Waals surface area contributed by atoms with Crippen LogP contribution in [0.4, 0.5) is 5.82 Å². The fourth-order valence-corrected chi connectivity index (χ4v) is 3.07. The van der Waals surface area contributed by atoms with Gasteiger partial charge >= 0.3 is 0 Å². The summed E-state index contributed by atoms with van der Waals surface area (Å²) in [7, 11) is 1.83. The van der Waals surface area contributed by atoms with Gasteiger partial charge in [-0.3, -0.25) is 0 Å². The lowest BCUT2D eigenvalue weighted by Crippen LogP contribution is -2.28. The highest BCUT2D eigenvalue weighted by Gasteiger charge is 2.23. The summed E-state index contributed by atoms with van der Waals surface area (Å²) in [6.07, 6.45) is 8.95. The van der Waals surface area contributed by atoms with Gasteiger partial charge in [-0.25, -0.2) is 14.6 Å². The standard InChI is InChI=1S/C14H21N5O/c1-15-13-11-7-18-19(14(11)17-9-16-13)8-12(20)10-5-3-2-4-6-10/h7,9-10,12,20H,2-6,8H2,1H3,(H,15,16,17). The number of hydrogen-bond acceptors (Lipinski definition) is 5. The third-order valence-electron chi connectivity index (χ3n) is 4.22. The second-order valence-corrected chi connectivity index (χ2v) is 5.50. The monoisotopic (exact) mass is 275 g/mol. The fraction of sp³-hybridized carbons (Fsp3) is 0.643. The molecule has 0 saturated heterocycles. The van der Waals surface area contributed by atoms with Crippen LogP contribution in [-0.2, 0) is 6.54 Å². The maximum atomic E-state index is 10.4. The van der Waals surface area contributed by atoms with Crippen LogP contribution in [0.1, 0.15) is 32.1 Å². The van der Waals surface area contributed by atoms with E-state index in [9.17, 15) is 5.11 Å². The molecule has 0 amide bonds. The van der Waals surface area contributed by atoms with Crippen molar-refractivity contribution in [3.05, 3.63) is 12.5 Å². The first-order chi connectivity index (χ1) is 9.79. The van der Waals surface area contributed by atoms with E-state index in [2.05, 4.69) is 20.4 Å². The van der Waals surface area contributed by atoms with Crippen molar-refractivity contribution >= 4 is 16.9 Å². The van der Waals surface area contributed by atoms with E-state index in [1.165, 1.54) is 25.6 Å². The number of nitrogens with zero attached hydrogens (tertiary/aromatic N) is 4. The van der Waals surface area contributed by atoms with E-state index >= 15 is 0 Å². The second-order valence-electron chi connectivity index (χ2n) is 5.50. The molecule has 2 heterocycles. The van der Waals surface area contributed by atoms with Gasteiger partial charge in [0.2, 0.25) is 0 Å². The van der Waals surface area contributed by atoms with Gasteiger partial charge in [-0.05, 0) is 18.8 Å². The Morgan fingerprint density at radius 2 is 2.15 bits per heavy atom. The van der Waals surface area contributed by atoms with Crippen LogP contribution in [0.15, 0.2) is 12.5 Å². The Hall–Kier alpha value is -1.69. The average molecular weight is 275 g/mol. The first-order valence-corrected chi connectivity index (χ1v) is 7.32. The Kier molecular flexibility index (Phi) is 3.82. The molecule has 0 spiro atoms. The molecule has 1 aliphatic carbocycles. The zero-order valence-electron chi connectivity index (χ0n) is 11.8. The molecule has 0 aromatic carbocycles. The summed E-state index contributed by atoms with van der Waals surface area (Å²) in [6.45, 7) is 0.508. The van der Waals surface area contributed by atoms with Crippen molar-refractivity contribution in [1.29, 1.82) is 0 Å². The van der Waals surface area contributed by atoms with Crippen LogP contribution < -0.4 is 5.32 Å². The predicted octanol–water partition coefficient (Wildman–Crippen LogP) is 1.81. The number of nitrogens with one attached hydrogen (secondary N) is 1. The van der Waals surface area contributed by atoms with Crippen molar-refractivity contribution < 1.29 is 5.11 Å². The quantitative estimate of drug-likeness (QED) is 0.890. The molecule has 2 aromatic heterocycles. The number of aliphatic hydroxyl groups is 1.